The summed E-state index contributed by atoms with van der Waals surface area (Å²) in [6.45, 7) is 3.92. The van der Waals surface area contributed by atoms with E-state index < -0.39 is 5.17 Å². The van der Waals surface area contributed by atoms with Crippen molar-refractivity contribution < 1.29 is 27.3 Å². The normalized spacial score (nSPS) is 9.69. The number of hydrogen-bond acceptors (Lipinski definition) is 4. The van der Waals surface area contributed by atoms with Crippen LogP contribution in [0.2, 0.25) is 0 Å². The van der Waals surface area contributed by atoms with Crippen molar-refractivity contribution in [1.29, 1.82) is 0 Å². The number of rotatable bonds is 2. The molecule has 13 heavy (non-hydrogen) atoms. The summed E-state index contributed by atoms with van der Waals surface area (Å²) in [6.07, 6.45) is 0.933. The first-order valence-electron chi connectivity index (χ1n) is 3.34. The number of nitrogens with one attached hydrogen (secondary N) is 1. The van der Waals surface area contributed by atoms with E-state index in [1.807, 2.05) is 13.8 Å². The van der Waals surface area contributed by atoms with Crippen LogP contribution in [0, 0.1) is 0 Å². The Balaban J connectivity index is -0.000000173. The van der Waals surface area contributed by atoms with Gasteiger partial charge in [0.25, 0.3) is 0 Å². The largest absolute Gasteiger partial charge is 2.00 e. The fourth-order valence-electron chi connectivity index (χ4n) is 0.303. The molecule has 0 aromatic rings. The maximum atomic E-state index is 10.1. The molecule has 0 aliphatic rings. The molecule has 1 radical (unpaired) electrons. The van der Waals surface area contributed by atoms with Crippen molar-refractivity contribution in [3.05, 3.63) is 0 Å². The SMILES string of the molecule is CCC(C)NC([O-])=S.NC([O-])=S.[Cu+2]. The van der Waals surface area contributed by atoms with E-state index in [1.54, 1.807) is 0 Å². The Morgan fingerprint density at radius 2 is 1.77 bits per heavy atom. The molecule has 4 nitrogen and oxygen atoms in total. The minimum Gasteiger partial charge on any atom is -0.852 e. The first-order chi connectivity index (χ1) is 5.40. The molecule has 1 unspecified atom stereocenters. The molecular formula is C6H12CuN2O2S2. The second-order valence-electron chi connectivity index (χ2n) is 2.06. The van der Waals surface area contributed by atoms with Gasteiger partial charge in [-0.2, -0.15) is 0 Å². The van der Waals surface area contributed by atoms with Crippen LogP contribution in [-0.4, -0.2) is 16.4 Å². The van der Waals surface area contributed by atoms with Gasteiger partial charge < -0.3 is 21.3 Å². The van der Waals surface area contributed by atoms with E-state index in [-0.39, 0.29) is 28.3 Å². The van der Waals surface area contributed by atoms with Crippen molar-refractivity contribution in [1.82, 2.24) is 5.32 Å². The Morgan fingerprint density at radius 3 is 1.85 bits per heavy atom. The van der Waals surface area contributed by atoms with E-state index in [0.717, 1.165) is 6.42 Å². The summed E-state index contributed by atoms with van der Waals surface area (Å²) in [5.41, 5.74) is 4.29. The molecule has 0 spiro atoms. The quantitative estimate of drug-likeness (QED) is 0.475. The van der Waals surface area contributed by atoms with Gasteiger partial charge in [0.1, 0.15) is 0 Å². The van der Waals surface area contributed by atoms with E-state index >= 15 is 0 Å². The van der Waals surface area contributed by atoms with Crippen LogP contribution in [-0.2, 0) is 17.1 Å². The molecule has 0 amide bonds. The van der Waals surface area contributed by atoms with Crippen molar-refractivity contribution in [2.45, 2.75) is 26.3 Å². The third-order valence-corrected chi connectivity index (χ3v) is 1.09. The zero-order chi connectivity index (χ0) is 10.1. The summed E-state index contributed by atoms with van der Waals surface area (Å²) >= 11 is 8.03. The molecule has 81 valence electrons. The van der Waals surface area contributed by atoms with E-state index in [4.69, 9.17) is 5.11 Å². The summed E-state index contributed by atoms with van der Waals surface area (Å²) < 4.78 is 0. The molecule has 0 bridgehead atoms. The number of nitrogens with two attached hydrogens (primary N) is 1. The first-order valence-corrected chi connectivity index (χ1v) is 4.15. The van der Waals surface area contributed by atoms with Crippen molar-refractivity contribution in [3.8, 4) is 0 Å². The molecule has 0 rings (SSSR count). The maximum Gasteiger partial charge on any atom is 2.00 e. The molecule has 7 heteroatoms. The summed E-state index contributed by atoms with van der Waals surface area (Å²) in [5, 5.41) is 20.6. The van der Waals surface area contributed by atoms with Crippen LogP contribution >= 0.6 is 24.4 Å². The molecule has 0 aromatic carbocycles. The second kappa shape index (κ2) is 11.9. The molecule has 0 aliphatic carbocycles. The van der Waals surface area contributed by atoms with E-state index in [1.165, 1.54) is 0 Å². The fraction of sp³-hybridized carbons (Fsp3) is 0.667. The predicted molar refractivity (Wildman–Crippen MR) is 52.3 cm³/mol. The van der Waals surface area contributed by atoms with Crippen molar-refractivity contribution in [2.24, 2.45) is 5.73 Å². The Kier molecular flexibility index (Phi) is 17.1. The second-order valence-corrected chi connectivity index (χ2v) is 2.83. The van der Waals surface area contributed by atoms with Crippen LogP contribution in [0.25, 0.3) is 0 Å². The minimum atomic E-state index is -0.750. The van der Waals surface area contributed by atoms with Gasteiger partial charge in [-0.05, 0) is 13.3 Å². The smallest absolute Gasteiger partial charge is 0.852 e. The summed E-state index contributed by atoms with van der Waals surface area (Å²) in [4.78, 5) is 0. The first kappa shape index (κ1) is 18.6. The molecule has 1 atom stereocenters. The predicted octanol–water partition coefficient (Wildman–Crippen LogP) is -1.39. The molecular weight excluding hydrogens is 260 g/mol. The fourth-order valence-corrected chi connectivity index (χ4v) is 0.504. The average molecular weight is 272 g/mol. The van der Waals surface area contributed by atoms with Gasteiger partial charge in [0.05, 0.1) is 0 Å². The Labute approximate surface area is 99.4 Å². The van der Waals surface area contributed by atoms with Gasteiger partial charge in [0.15, 0.2) is 0 Å². The van der Waals surface area contributed by atoms with Crippen LogP contribution in [0.4, 0.5) is 0 Å². The van der Waals surface area contributed by atoms with Gasteiger partial charge in [-0.3, -0.25) is 0 Å². The summed E-state index contributed by atoms with van der Waals surface area (Å²) in [6, 6.07) is 0.222. The number of thiocarbonyl (C=S) groups is 2. The standard InChI is InChI=1S/C5H11NOS.CH3NOS.Cu/c1-3-4(2)6-5(7)8;2-1(3)4;/h4H,3H2,1-2H3,(H2,6,7,8);(H3,2,3,4);/q;;+2/p-2. The van der Waals surface area contributed by atoms with E-state index in [9.17, 15) is 5.11 Å². The summed E-state index contributed by atoms with van der Waals surface area (Å²) in [7, 11) is 0. The molecule has 0 saturated heterocycles. The zero-order valence-corrected chi connectivity index (χ0v) is 9.87. The zero-order valence-electron chi connectivity index (χ0n) is 7.30. The van der Waals surface area contributed by atoms with Crippen molar-refractivity contribution in [3.63, 3.8) is 0 Å². The van der Waals surface area contributed by atoms with E-state index in [0.29, 0.717) is 0 Å². The molecule has 0 saturated carbocycles. The maximum absolute atomic E-state index is 10.1. The molecule has 0 heterocycles. The Morgan fingerprint density at radius 1 is 1.46 bits per heavy atom. The summed E-state index contributed by atoms with van der Waals surface area (Å²) in [5.74, 6) is 0. The van der Waals surface area contributed by atoms with Crippen LogP contribution in [0.3, 0.4) is 0 Å². The van der Waals surface area contributed by atoms with Gasteiger partial charge in [-0.25, -0.2) is 0 Å². The van der Waals surface area contributed by atoms with Gasteiger partial charge in [0, 0.05) is 16.4 Å². The van der Waals surface area contributed by atoms with Crippen LogP contribution in [0.15, 0.2) is 0 Å². The van der Waals surface area contributed by atoms with Gasteiger partial charge in [-0.1, -0.05) is 31.4 Å². The topological polar surface area (TPSA) is 84.2 Å². The van der Waals surface area contributed by atoms with Gasteiger partial charge in [0.2, 0.25) is 0 Å². The van der Waals surface area contributed by atoms with Crippen molar-refractivity contribution >= 4 is 34.8 Å². The third-order valence-electron chi connectivity index (χ3n) is 0.977. The van der Waals surface area contributed by atoms with Gasteiger partial charge >= 0.3 is 17.1 Å². The molecule has 0 aromatic heterocycles. The van der Waals surface area contributed by atoms with E-state index in [2.05, 4.69) is 35.5 Å². The third kappa shape index (κ3) is 33.5. The Bertz CT molecular complexity index is 154. The van der Waals surface area contributed by atoms with Gasteiger partial charge in [-0.15, -0.1) is 0 Å². The van der Waals surface area contributed by atoms with Crippen LogP contribution in [0.1, 0.15) is 20.3 Å². The van der Waals surface area contributed by atoms with Crippen LogP contribution < -0.4 is 21.3 Å². The molecule has 0 fully saturated rings. The molecule has 3 N–H and O–H groups in total. The monoisotopic (exact) mass is 271 g/mol. The number of hydrogen-bond donors (Lipinski definition) is 2. The molecule has 0 aliphatic heterocycles. The van der Waals surface area contributed by atoms with Crippen LogP contribution in [0.5, 0.6) is 0 Å². The average Bonchev–Trinajstić information content (AvgIpc) is 1.84. The minimum absolute atomic E-state index is 0. The van der Waals surface area contributed by atoms with Crippen molar-refractivity contribution in [2.75, 3.05) is 0 Å². The Hall–Kier alpha value is -0.101.